The first-order chi connectivity index (χ1) is 9.40. The van der Waals surface area contributed by atoms with Crippen LogP contribution in [0.3, 0.4) is 0 Å². The molecule has 6 nitrogen and oxygen atoms in total. The lowest BCUT2D eigenvalue weighted by Crippen LogP contribution is -2.44. The summed E-state index contributed by atoms with van der Waals surface area (Å²) in [6.45, 7) is -1.97. The Balaban J connectivity index is 2.72. The molecular formula is C12H14F2N2O4. The Labute approximate surface area is 113 Å². The number of carboxylic acid groups (broad SMARTS) is 1. The number of benzene rings is 1. The quantitative estimate of drug-likeness (QED) is 0.703. The number of carbonyl (C=O) groups excluding carboxylic acids is 1. The van der Waals surface area contributed by atoms with Gasteiger partial charge in [0, 0.05) is 13.5 Å². The molecule has 1 atom stereocenters. The van der Waals surface area contributed by atoms with Gasteiger partial charge in [0.2, 0.25) is 5.91 Å². The van der Waals surface area contributed by atoms with Crippen LogP contribution in [0.25, 0.3) is 0 Å². The highest BCUT2D eigenvalue weighted by molar-refractivity contribution is 5.82. The van der Waals surface area contributed by atoms with E-state index in [1.807, 2.05) is 0 Å². The standard InChI is InChI=1S/C12H14F2N2O4/c1-7(17)16-9(11(18)19)6-15-8-4-2-3-5-10(8)20-12(13)14/h2-5,9,12,15H,6H2,1H3,(H,16,17)(H,18,19). The van der Waals surface area contributed by atoms with E-state index in [0.29, 0.717) is 0 Å². The molecule has 1 aromatic rings. The Morgan fingerprint density at radius 2 is 2.00 bits per heavy atom. The molecule has 0 aliphatic heterocycles. The first-order valence-corrected chi connectivity index (χ1v) is 5.67. The van der Waals surface area contributed by atoms with E-state index in [1.54, 1.807) is 6.07 Å². The number of alkyl halides is 2. The first kappa shape index (κ1) is 15.7. The van der Waals surface area contributed by atoms with Crippen LogP contribution in [0, 0.1) is 0 Å². The van der Waals surface area contributed by atoms with E-state index in [1.165, 1.54) is 25.1 Å². The summed E-state index contributed by atoms with van der Waals surface area (Å²) in [4.78, 5) is 21.8. The van der Waals surface area contributed by atoms with E-state index in [-0.39, 0.29) is 18.0 Å². The number of aliphatic carboxylic acids is 1. The number of rotatable bonds is 7. The van der Waals surface area contributed by atoms with Crippen LogP contribution >= 0.6 is 0 Å². The highest BCUT2D eigenvalue weighted by atomic mass is 19.3. The number of anilines is 1. The Morgan fingerprint density at radius 3 is 2.55 bits per heavy atom. The Bertz CT molecular complexity index is 482. The van der Waals surface area contributed by atoms with Gasteiger partial charge in [-0.15, -0.1) is 0 Å². The number of ether oxygens (including phenoxy) is 1. The predicted molar refractivity (Wildman–Crippen MR) is 66.8 cm³/mol. The zero-order valence-electron chi connectivity index (χ0n) is 10.6. The van der Waals surface area contributed by atoms with Crippen molar-refractivity contribution in [3.05, 3.63) is 24.3 Å². The third-order valence-electron chi connectivity index (χ3n) is 2.28. The molecule has 8 heteroatoms. The fourth-order valence-corrected chi connectivity index (χ4v) is 1.47. The lowest BCUT2D eigenvalue weighted by Gasteiger charge is -2.17. The van der Waals surface area contributed by atoms with Gasteiger partial charge in [-0.1, -0.05) is 12.1 Å². The van der Waals surface area contributed by atoms with E-state index in [9.17, 15) is 18.4 Å². The molecule has 0 radical (unpaired) electrons. The highest BCUT2D eigenvalue weighted by Gasteiger charge is 2.19. The summed E-state index contributed by atoms with van der Waals surface area (Å²) in [6.07, 6.45) is 0. The van der Waals surface area contributed by atoms with Crippen LogP contribution in [0.15, 0.2) is 24.3 Å². The Morgan fingerprint density at radius 1 is 1.35 bits per heavy atom. The van der Waals surface area contributed by atoms with Crippen molar-refractivity contribution in [2.45, 2.75) is 19.6 Å². The minimum Gasteiger partial charge on any atom is -0.480 e. The number of hydrogen-bond donors (Lipinski definition) is 3. The van der Waals surface area contributed by atoms with Crippen molar-refractivity contribution in [2.24, 2.45) is 0 Å². The third kappa shape index (κ3) is 5.09. The van der Waals surface area contributed by atoms with E-state index in [2.05, 4.69) is 15.4 Å². The number of carboxylic acids is 1. The largest absolute Gasteiger partial charge is 0.480 e. The average molecular weight is 288 g/mol. The normalized spacial score (nSPS) is 11.8. The Hall–Kier alpha value is -2.38. The molecule has 1 aromatic carbocycles. The van der Waals surface area contributed by atoms with Crippen molar-refractivity contribution in [3.63, 3.8) is 0 Å². The summed E-state index contributed by atoms with van der Waals surface area (Å²) in [5.74, 6) is -1.84. The van der Waals surface area contributed by atoms with Gasteiger partial charge >= 0.3 is 12.6 Å². The van der Waals surface area contributed by atoms with Crippen molar-refractivity contribution in [1.29, 1.82) is 0 Å². The van der Waals surface area contributed by atoms with E-state index in [4.69, 9.17) is 5.11 Å². The van der Waals surface area contributed by atoms with Crippen LogP contribution in [-0.4, -0.2) is 36.2 Å². The molecule has 3 N–H and O–H groups in total. The maximum atomic E-state index is 12.2. The van der Waals surface area contributed by atoms with E-state index < -0.39 is 24.5 Å². The van der Waals surface area contributed by atoms with Gasteiger partial charge < -0.3 is 20.5 Å². The number of carbonyl (C=O) groups is 2. The second-order valence-corrected chi connectivity index (χ2v) is 3.85. The minimum atomic E-state index is -2.98. The molecule has 0 spiro atoms. The molecule has 1 rings (SSSR count). The van der Waals surface area contributed by atoms with Crippen molar-refractivity contribution < 1.29 is 28.2 Å². The number of halogens is 2. The molecule has 0 bridgehead atoms. The molecular weight excluding hydrogens is 274 g/mol. The van der Waals surface area contributed by atoms with Gasteiger partial charge in [0.1, 0.15) is 11.8 Å². The summed E-state index contributed by atoms with van der Waals surface area (Å²) in [5, 5.41) is 13.8. The zero-order chi connectivity index (χ0) is 15.1. The molecule has 0 saturated heterocycles. The number of nitrogens with one attached hydrogen (secondary N) is 2. The minimum absolute atomic E-state index is 0.102. The van der Waals surface area contributed by atoms with Crippen molar-refractivity contribution in [3.8, 4) is 5.75 Å². The summed E-state index contributed by atoms with van der Waals surface area (Å²) in [7, 11) is 0. The average Bonchev–Trinajstić information content (AvgIpc) is 2.34. The molecule has 0 saturated carbocycles. The molecule has 0 fully saturated rings. The zero-order valence-corrected chi connectivity index (χ0v) is 10.6. The van der Waals surface area contributed by atoms with E-state index in [0.717, 1.165) is 0 Å². The molecule has 1 amide bonds. The molecule has 110 valence electrons. The second kappa shape index (κ2) is 7.27. The third-order valence-corrected chi connectivity index (χ3v) is 2.28. The fourth-order valence-electron chi connectivity index (χ4n) is 1.47. The van der Waals surface area contributed by atoms with Crippen LogP contribution < -0.4 is 15.4 Å². The number of hydrogen-bond acceptors (Lipinski definition) is 4. The van der Waals surface area contributed by atoms with Crippen LogP contribution in [0.4, 0.5) is 14.5 Å². The van der Waals surface area contributed by atoms with Crippen LogP contribution in [-0.2, 0) is 9.59 Å². The smallest absolute Gasteiger partial charge is 0.387 e. The van der Waals surface area contributed by atoms with Crippen LogP contribution in [0.2, 0.25) is 0 Å². The lowest BCUT2D eigenvalue weighted by atomic mass is 10.2. The summed E-state index contributed by atoms with van der Waals surface area (Å²) in [6, 6.07) is 4.69. The van der Waals surface area contributed by atoms with Gasteiger partial charge in [-0.05, 0) is 12.1 Å². The maximum Gasteiger partial charge on any atom is 0.387 e. The van der Waals surface area contributed by atoms with Gasteiger partial charge in [-0.3, -0.25) is 4.79 Å². The van der Waals surface area contributed by atoms with Gasteiger partial charge in [-0.2, -0.15) is 8.78 Å². The molecule has 20 heavy (non-hydrogen) atoms. The van der Waals surface area contributed by atoms with Crippen molar-refractivity contribution in [1.82, 2.24) is 5.32 Å². The molecule has 0 aromatic heterocycles. The topological polar surface area (TPSA) is 87.7 Å². The fraction of sp³-hybridized carbons (Fsp3) is 0.333. The Kier molecular flexibility index (Phi) is 5.70. The molecule has 1 unspecified atom stereocenters. The van der Waals surface area contributed by atoms with Crippen molar-refractivity contribution in [2.75, 3.05) is 11.9 Å². The van der Waals surface area contributed by atoms with Crippen LogP contribution in [0.1, 0.15) is 6.92 Å². The van der Waals surface area contributed by atoms with Gasteiger partial charge in [0.15, 0.2) is 0 Å². The monoisotopic (exact) mass is 288 g/mol. The lowest BCUT2D eigenvalue weighted by molar-refractivity contribution is -0.141. The number of amides is 1. The second-order valence-electron chi connectivity index (χ2n) is 3.85. The first-order valence-electron chi connectivity index (χ1n) is 5.67. The van der Waals surface area contributed by atoms with Gasteiger partial charge in [-0.25, -0.2) is 4.79 Å². The summed E-state index contributed by atoms with van der Waals surface area (Å²) >= 11 is 0. The SMILES string of the molecule is CC(=O)NC(CNc1ccccc1OC(F)F)C(=O)O. The summed E-state index contributed by atoms with van der Waals surface area (Å²) in [5.41, 5.74) is 0.212. The summed E-state index contributed by atoms with van der Waals surface area (Å²) < 4.78 is 28.7. The molecule has 0 aliphatic carbocycles. The van der Waals surface area contributed by atoms with E-state index >= 15 is 0 Å². The van der Waals surface area contributed by atoms with Gasteiger partial charge in [0.25, 0.3) is 0 Å². The predicted octanol–water partition coefficient (Wildman–Crippen LogP) is 1.29. The molecule has 0 heterocycles. The maximum absolute atomic E-state index is 12.2. The van der Waals surface area contributed by atoms with Gasteiger partial charge in [0.05, 0.1) is 5.69 Å². The van der Waals surface area contributed by atoms with Crippen molar-refractivity contribution >= 4 is 17.6 Å². The van der Waals surface area contributed by atoms with Crippen LogP contribution in [0.5, 0.6) is 5.75 Å². The molecule has 0 aliphatic rings. The highest BCUT2D eigenvalue weighted by Crippen LogP contribution is 2.25. The number of para-hydroxylation sites is 2.